The van der Waals surface area contributed by atoms with E-state index in [-0.39, 0.29) is 0 Å². The molecule has 3 amide bonds. The average Bonchev–Trinajstić information content (AvgIpc) is 3.08. The van der Waals surface area contributed by atoms with Crippen LogP contribution in [0.5, 0.6) is 0 Å². The van der Waals surface area contributed by atoms with Crippen molar-refractivity contribution in [1.82, 2.24) is 19.8 Å². The number of fused-ring (bicyclic) bond motifs is 1. The summed E-state index contributed by atoms with van der Waals surface area (Å²) in [6.45, 7) is 1.58. The van der Waals surface area contributed by atoms with Crippen molar-refractivity contribution in [2.75, 3.05) is 0 Å². The molecule has 1 N–H and O–H groups in total. The molecule has 1 atom stereocenters. The van der Waals surface area contributed by atoms with E-state index in [0.717, 1.165) is 4.90 Å². The van der Waals surface area contributed by atoms with Crippen LogP contribution < -0.4 is 5.32 Å². The molecule has 0 bridgehead atoms. The van der Waals surface area contributed by atoms with Crippen molar-refractivity contribution >= 4 is 17.8 Å². The topological polar surface area (TPSA) is 84.3 Å². The van der Waals surface area contributed by atoms with Gasteiger partial charge in [-0.15, -0.1) is 0 Å². The second-order valence-electron chi connectivity index (χ2n) is 4.62. The lowest BCUT2D eigenvalue weighted by atomic mass is 10.1. The number of benzene rings is 1. The Labute approximate surface area is 120 Å². The molecule has 1 aliphatic heterocycles. The molecular weight excluding hydrogens is 272 g/mol. The highest BCUT2D eigenvalue weighted by Crippen LogP contribution is 2.23. The summed E-state index contributed by atoms with van der Waals surface area (Å²) in [5.74, 6) is -0.817. The lowest BCUT2D eigenvalue weighted by Gasteiger charge is -2.23. The monoisotopic (exact) mass is 284 g/mol. The smallest absolute Gasteiger partial charge is 0.317 e. The molecule has 21 heavy (non-hydrogen) atoms. The molecule has 0 spiro atoms. The van der Waals surface area contributed by atoms with Gasteiger partial charge in [-0.1, -0.05) is 12.1 Å². The van der Waals surface area contributed by atoms with E-state index < -0.39 is 24.0 Å². The van der Waals surface area contributed by atoms with Crippen molar-refractivity contribution in [1.29, 1.82) is 0 Å². The number of nitrogens with zero attached hydrogens (tertiary/aromatic N) is 3. The van der Waals surface area contributed by atoms with Crippen LogP contribution in [0.4, 0.5) is 4.79 Å². The molecule has 0 saturated heterocycles. The molecule has 0 aliphatic carbocycles. The van der Waals surface area contributed by atoms with Gasteiger partial charge < -0.3 is 5.32 Å². The van der Waals surface area contributed by atoms with E-state index in [1.807, 2.05) is 0 Å². The Kier molecular flexibility index (Phi) is 3.02. The van der Waals surface area contributed by atoms with Crippen LogP contribution in [0.25, 0.3) is 0 Å². The summed E-state index contributed by atoms with van der Waals surface area (Å²) in [7, 11) is 0. The average molecular weight is 284 g/mol. The molecule has 0 radical (unpaired) electrons. The van der Waals surface area contributed by atoms with Crippen molar-refractivity contribution in [3.63, 3.8) is 0 Å². The molecule has 7 heteroatoms. The van der Waals surface area contributed by atoms with Crippen LogP contribution in [0.15, 0.2) is 43.0 Å². The first-order chi connectivity index (χ1) is 10.1. The summed E-state index contributed by atoms with van der Waals surface area (Å²) in [4.78, 5) is 41.2. The van der Waals surface area contributed by atoms with Crippen molar-refractivity contribution in [3.8, 4) is 0 Å². The Morgan fingerprint density at radius 1 is 1.19 bits per heavy atom. The number of imidazole rings is 1. The van der Waals surface area contributed by atoms with E-state index in [4.69, 9.17) is 0 Å². The zero-order chi connectivity index (χ0) is 15.0. The van der Waals surface area contributed by atoms with Crippen LogP contribution in [0.3, 0.4) is 0 Å². The Bertz CT molecular complexity index is 689. The maximum Gasteiger partial charge on any atom is 0.328 e. The van der Waals surface area contributed by atoms with Gasteiger partial charge in [-0.3, -0.25) is 19.1 Å². The zero-order valence-electron chi connectivity index (χ0n) is 11.2. The molecule has 1 aliphatic rings. The number of rotatable bonds is 2. The third kappa shape index (κ3) is 2.08. The number of nitrogens with one attached hydrogen (secondary N) is 1. The van der Waals surface area contributed by atoms with Crippen LogP contribution >= 0.6 is 0 Å². The van der Waals surface area contributed by atoms with Gasteiger partial charge in [-0.25, -0.2) is 9.78 Å². The summed E-state index contributed by atoms with van der Waals surface area (Å²) in [6, 6.07) is 6.13. The van der Waals surface area contributed by atoms with E-state index in [0.29, 0.717) is 11.1 Å². The molecule has 3 rings (SSSR count). The molecule has 7 nitrogen and oxygen atoms in total. The summed E-state index contributed by atoms with van der Waals surface area (Å²) in [5.41, 5.74) is 0.706. The van der Waals surface area contributed by atoms with Crippen molar-refractivity contribution in [3.05, 3.63) is 54.1 Å². The van der Waals surface area contributed by atoms with Crippen molar-refractivity contribution < 1.29 is 14.4 Å². The van der Waals surface area contributed by atoms with E-state index >= 15 is 0 Å². The highest BCUT2D eigenvalue weighted by atomic mass is 16.2. The van der Waals surface area contributed by atoms with Gasteiger partial charge in [-0.05, 0) is 19.1 Å². The van der Waals surface area contributed by atoms with Crippen LogP contribution in [0.1, 0.15) is 27.6 Å². The van der Waals surface area contributed by atoms with Crippen molar-refractivity contribution in [2.45, 2.75) is 13.1 Å². The summed E-state index contributed by atoms with van der Waals surface area (Å²) >= 11 is 0. The quantitative estimate of drug-likeness (QED) is 0.836. The van der Waals surface area contributed by atoms with E-state index in [9.17, 15) is 14.4 Å². The van der Waals surface area contributed by atoms with Gasteiger partial charge >= 0.3 is 6.03 Å². The van der Waals surface area contributed by atoms with Gasteiger partial charge in [-0.2, -0.15) is 0 Å². The minimum absolute atomic E-state index is 0.353. The molecule has 106 valence electrons. The first-order valence-electron chi connectivity index (χ1n) is 6.35. The normalized spacial score (nSPS) is 15.0. The second-order valence-corrected chi connectivity index (χ2v) is 4.62. The number of hydrogen-bond acceptors (Lipinski definition) is 4. The number of amides is 3. The van der Waals surface area contributed by atoms with Crippen LogP contribution in [0, 0.1) is 0 Å². The Morgan fingerprint density at radius 3 is 2.33 bits per heavy atom. The Morgan fingerprint density at radius 2 is 1.81 bits per heavy atom. The number of hydrogen-bond donors (Lipinski definition) is 1. The standard InChI is InChI=1S/C14H12N4O3/c1-9(16-14(21)17-7-6-15-8-17)18-12(19)10-4-2-3-5-11(10)13(18)20/h2-9H,1H3,(H,16,21). The molecule has 0 saturated carbocycles. The minimum atomic E-state index is -0.757. The first kappa shape index (κ1) is 13.0. The fourth-order valence-electron chi connectivity index (χ4n) is 2.26. The first-order valence-corrected chi connectivity index (χ1v) is 6.35. The van der Waals surface area contributed by atoms with Gasteiger partial charge in [0.1, 0.15) is 12.5 Å². The van der Waals surface area contributed by atoms with Gasteiger partial charge in [0, 0.05) is 12.4 Å². The molecule has 1 aromatic heterocycles. The third-order valence-electron chi connectivity index (χ3n) is 3.28. The molecular formula is C14H12N4O3. The third-order valence-corrected chi connectivity index (χ3v) is 3.28. The maximum atomic E-state index is 12.3. The Hall–Kier alpha value is -2.96. The maximum absolute atomic E-state index is 12.3. The zero-order valence-corrected chi connectivity index (χ0v) is 11.2. The SMILES string of the molecule is CC(NC(=O)n1ccnc1)N1C(=O)c2ccccc2C1=O. The van der Waals surface area contributed by atoms with Gasteiger partial charge in [0.2, 0.25) is 0 Å². The van der Waals surface area contributed by atoms with E-state index in [2.05, 4.69) is 10.3 Å². The van der Waals surface area contributed by atoms with Gasteiger partial charge in [0.15, 0.2) is 0 Å². The lowest BCUT2D eigenvalue weighted by molar-refractivity contribution is 0.0580. The molecule has 1 aromatic carbocycles. The molecule has 1 unspecified atom stereocenters. The summed E-state index contributed by atoms with van der Waals surface area (Å²) in [5, 5.41) is 2.59. The fourth-order valence-corrected chi connectivity index (χ4v) is 2.26. The Balaban J connectivity index is 1.81. The summed E-state index contributed by atoms with van der Waals surface area (Å²) in [6.07, 6.45) is 3.52. The van der Waals surface area contributed by atoms with E-state index in [1.54, 1.807) is 31.2 Å². The predicted octanol–water partition coefficient (Wildman–Crippen LogP) is 1.08. The highest BCUT2D eigenvalue weighted by molar-refractivity contribution is 6.21. The lowest BCUT2D eigenvalue weighted by Crippen LogP contribution is -2.49. The largest absolute Gasteiger partial charge is 0.328 e. The summed E-state index contributed by atoms with van der Waals surface area (Å²) < 4.78 is 1.23. The highest BCUT2D eigenvalue weighted by Gasteiger charge is 2.38. The van der Waals surface area contributed by atoms with E-state index in [1.165, 1.54) is 23.3 Å². The molecule has 2 heterocycles. The number of aromatic nitrogens is 2. The fraction of sp³-hybridized carbons (Fsp3) is 0.143. The van der Waals surface area contributed by atoms with Crippen LogP contribution in [0.2, 0.25) is 0 Å². The molecule has 0 fully saturated rings. The molecule has 2 aromatic rings. The predicted molar refractivity (Wildman–Crippen MR) is 72.6 cm³/mol. The van der Waals surface area contributed by atoms with Gasteiger partial charge in [0.05, 0.1) is 11.1 Å². The van der Waals surface area contributed by atoms with Crippen molar-refractivity contribution in [2.24, 2.45) is 0 Å². The van der Waals surface area contributed by atoms with Crippen LogP contribution in [-0.2, 0) is 0 Å². The van der Waals surface area contributed by atoms with Gasteiger partial charge in [0.25, 0.3) is 11.8 Å². The van der Waals surface area contributed by atoms with Crippen LogP contribution in [-0.4, -0.2) is 38.5 Å². The second kappa shape index (κ2) is 4.86. The number of carbonyl (C=O) groups is 3. The number of carbonyl (C=O) groups excluding carboxylic acids is 3. The minimum Gasteiger partial charge on any atom is -0.317 e. The number of imide groups is 1.